The molecule has 0 spiro atoms. The number of hydrogen-bond donors (Lipinski definition) is 3. The molecular formula is C21H26BrN3O4. The van der Waals surface area contributed by atoms with Crippen LogP contribution in [0.4, 0.5) is 0 Å². The summed E-state index contributed by atoms with van der Waals surface area (Å²) in [7, 11) is 1.62. The second kappa shape index (κ2) is 12.1. The quantitative estimate of drug-likeness (QED) is 0.205. The largest absolute Gasteiger partial charge is 0.497 e. The Morgan fingerprint density at radius 3 is 2.55 bits per heavy atom. The molecule has 0 saturated carbocycles. The summed E-state index contributed by atoms with van der Waals surface area (Å²) in [6.45, 7) is 1.54. The summed E-state index contributed by atoms with van der Waals surface area (Å²) in [5.74, 6) is 1.09. The molecule has 0 heterocycles. The molecule has 0 aliphatic rings. The zero-order valence-electron chi connectivity index (χ0n) is 16.4. The Morgan fingerprint density at radius 1 is 1.21 bits per heavy atom. The van der Waals surface area contributed by atoms with Gasteiger partial charge in [-0.1, -0.05) is 23.4 Å². The van der Waals surface area contributed by atoms with Crippen LogP contribution >= 0.6 is 15.9 Å². The Kier molecular flexibility index (Phi) is 9.46. The number of nitrogens with zero attached hydrogens (tertiary/aromatic N) is 1. The highest BCUT2D eigenvalue weighted by atomic mass is 79.9. The number of carbonyl (C=O) groups is 1. The molecule has 0 atom stereocenters. The van der Waals surface area contributed by atoms with Crippen LogP contribution < -0.4 is 20.5 Å². The van der Waals surface area contributed by atoms with Gasteiger partial charge in [0.2, 0.25) is 0 Å². The standard InChI is InChI=1S/C21H26BrN3O4/c1-28-17-6-3-15(4-7-17)9-11-24-21(26)19(25-27)14-16-5-8-20(18(22)13-16)29-12-2-10-23/h3-8,13,27H,2,9-12,14,23H2,1H3,(H,24,26)/b25-19-. The van der Waals surface area contributed by atoms with E-state index in [2.05, 4.69) is 26.4 Å². The first-order valence-corrected chi connectivity index (χ1v) is 10.1. The number of rotatable bonds is 11. The number of nitrogens with one attached hydrogen (secondary N) is 1. The zero-order valence-corrected chi connectivity index (χ0v) is 17.9. The lowest BCUT2D eigenvalue weighted by atomic mass is 10.1. The molecule has 29 heavy (non-hydrogen) atoms. The molecule has 0 fully saturated rings. The van der Waals surface area contributed by atoms with Crippen LogP contribution in [0.5, 0.6) is 11.5 Å². The van der Waals surface area contributed by atoms with Gasteiger partial charge in [-0.15, -0.1) is 0 Å². The Hall–Kier alpha value is -2.58. The molecule has 2 aromatic carbocycles. The van der Waals surface area contributed by atoms with E-state index in [0.29, 0.717) is 31.9 Å². The van der Waals surface area contributed by atoms with Gasteiger partial charge in [-0.3, -0.25) is 4.79 Å². The van der Waals surface area contributed by atoms with E-state index in [1.807, 2.05) is 42.5 Å². The fraction of sp³-hybridized carbons (Fsp3) is 0.333. The normalized spacial score (nSPS) is 11.2. The van der Waals surface area contributed by atoms with Crippen molar-refractivity contribution in [1.29, 1.82) is 0 Å². The van der Waals surface area contributed by atoms with Gasteiger partial charge in [-0.05, 0) is 70.7 Å². The van der Waals surface area contributed by atoms with Crippen molar-refractivity contribution in [2.24, 2.45) is 10.9 Å². The number of nitrogens with two attached hydrogens (primary N) is 1. The maximum atomic E-state index is 12.3. The molecular weight excluding hydrogens is 438 g/mol. The first-order valence-electron chi connectivity index (χ1n) is 9.30. The van der Waals surface area contributed by atoms with Gasteiger partial charge >= 0.3 is 0 Å². The first-order chi connectivity index (χ1) is 14.1. The maximum absolute atomic E-state index is 12.3. The van der Waals surface area contributed by atoms with Crippen LogP contribution in [0.3, 0.4) is 0 Å². The number of hydrogen-bond acceptors (Lipinski definition) is 6. The van der Waals surface area contributed by atoms with Crippen molar-refractivity contribution in [2.75, 3.05) is 26.8 Å². The van der Waals surface area contributed by atoms with Gasteiger partial charge in [0.1, 0.15) is 17.2 Å². The van der Waals surface area contributed by atoms with Gasteiger partial charge in [0.25, 0.3) is 5.91 Å². The minimum atomic E-state index is -0.402. The van der Waals surface area contributed by atoms with Crippen LogP contribution in [0, 0.1) is 0 Å². The molecule has 2 rings (SSSR count). The molecule has 0 radical (unpaired) electrons. The summed E-state index contributed by atoms with van der Waals surface area (Å²) in [6.07, 6.45) is 1.63. The average Bonchev–Trinajstić information content (AvgIpc) is 2.74. The minimum absolute atomic E-state index is 0.0448. The van der Waals surface area contributed by atoms with Crippen LogP contribution in [-0.2, 0) is 17.6 Å². The monoisotopic (exact) mass is 463 g/mol. The summed E-state index contributed by atoms with van der Waals surface area (Å²) in [5.41, 5.74) is 7.40. The van der Waals surface area contributed by atoms with Crippen molar-refractivity contribution in [2.45, 2.75) is 19.3 Å². The Bertz CT molecular complexity index is 825. The fourth-order valence-electron chi connectivity index (χ4n) is 2.61. The highest BCUT2D eigenvalue weighted by Gasteiger charge is 2.14. The molecule has 0 aliphatic carbocycles. The molecule has 0 aromatic heterocycles. The molecule has 0 unspecified atom stereocenters. The Labute approximate surface area is 179 Å². The van der Waals surface area contributed by atoms with Gasteiger partial charge in [0.05, 0.1) is 18.2 Å². The van der Waals surface area contributed by atoms with Crippen LogP contribution in [0.2, 0.25) is 0 Å². The maximum Gasteiger partial charge on any atom is 0.269 e. The number of amides is 1. The summed E-state index contributed by atoms with van der Waals surface area (Å²) in [6, 6.07) is 13.1. The molecule has 2 aromatic rings. The third-order valence-corrected chi connectivity index (χ3v) is 4.83. The van der Waals surface area contributed by atoms with E-state index in [-0.39, 0.29) is 12.1 Å². The second-order valence-corrected chi connectivity index (χ2v) is 7.19. The van der Waals surface area contributed by atoms with Gasteiger partial charge in [0.15, 0.2) is 0 Å². The number of oxime groups is 1. The van der Waals surface area contributed by atoms with Gasteiger partial charge in [-0.2, -0.15) is 0 Å². The van der Waals surface area contributed by atoms with Crippen molar-refractivity contribution in [3.63, 3.8) is 0 Å². The number of ether oxygens (including phenoxy) is 2. The Morgan fingerprint density at radius 2 is 1.93 bits per heavy atom. The first kappa shape index (κ1) is 22.7. The van der Waals surface area contributed by atoms with Crippen LogP contribution in [-0.4, -0.2) is 43.6 Å². The number of methoxy groups -OCH3 is 1. The van der Waals surface area contributed by atoms with Crippen molar-refractivity contribution in [3.05, 3.63) is 58.1 Å². The molecule has 7 nitrogen and oxygen atoms in total. The molecule has 8 heteroatoms. The highest BCUT2D eigenvalue weighted by Crippen LogP contribution is 2.26. The summed E-state index contributed by atoms with van der Waals surface area (Å²) >= 11 is 3.46. The molecule has 4 N–H and O–H groups in total. The fourth-order valence-corrected chi connectivity index (χ4v) is 3.15. The number of benzene rings is 2. The van der Waals surface area contributed by atoms with Crippen LogP contribution in [0.25, 0.3) is 0 Å². The van der Waals surface area contributed by atoms with Crippen molar-refractivity contribution in [3.8, 4) is 11.5 Å². The molecule has 0 aliphatic heterocycles. The van der Waals surface area contributed by atoms with Crippen molar-refractivity contribution < 1.29 is 19.5 Å². The van der Waals surface area contributed by atoms with Gasteiger partial charge in [-0.25, -0.2) is 0 Å². The number of carbonyl (C=O) groups excluding carboxylic acids is 1. The highest BCUT2D eigenvalue weighted by molar-refractivity contribution is 9.10. The molecule has 0 saturated heterocycles. The minimum Gasteiger partial charge on any atom is -0.497 e. The van der Waals surface area contributed by atoms with E-state index >= 15 is 0 Å². The van der Waals surface area contributed by atoms with E-state index < -0.39 is 5.91 Å². The number of halogens is 1. The van der Waals surface area contributed by atoms with E-state index in [1.165, 1.54) is 0 Å². The summed E-state index contributed by atoms with van der Waals surface area (Å²) in [5, 5.41) is 15.2. The average molecular weight is 464 g/mol. The summed E-state index contributed by atoms with van der Waals surface area (Å²) in [4.78, 5) is 12.3. The second-order valence-electron chi connectivity index (χ2n) is 6.33. The van der Waals surface area contributed by atoms with Crippen molar-refractivity contribution in [1.82, 2.24) is 5.32 Å². The molecule has 0 bridgehead atoms. The topological polar surface area (TPSA) is 106 Å². The van der Waals surface area contributed by atoms with E-state index in [1.54, 1.807) is 7.11 Å². The molecule has 156 valence electrons. The van der Waals surface area contributed by atoms with E-state index in [4.69, 9.17) is 15.2 Å². The third kappa shape index (κ3) is 7.40. The lowest BCUT2D eigenvalue weighted by Crippen LogP contribution is -2.33. The lowest BCUT2D eigenvalue weighted by molar-refractivity contribution is -0.115. The predicted octanol–water partition coefficient (Wildman–Crippen LogP) is 2.92. The van der Waals surface area contributed by atoms with Crippen molar-refractivity contribution >= 4 is 27.5 Å². The van der Waals surface area contributed by atoms with Gasteiger partial charge in [0, 0.05) is 13.0 Å². The zero-order chi connectivity index (χ0) is 21.1. The molecule has 1 amide bonds. The third-order valence-electron chi connectivity index (χ3n) is 4.21. The smallest absolute Gasteiger partial charge is 0.269 e. The lowest BCUT2D eigenvalue weighted by Gasteiger charge is -2.10. The van der Waals surface area contributed by atoms with E-state index in [0.717, 1.165) is 27.8 Å². The van der Waals surface area contributed by atoms with Crippen LogP contribution in [0.15, 0.2) is 52.1 Å². The predicted molar refractivity (Wildman–Crippen MR) is 116 cm³/mol. The summed E-state index contributed by atoms with van der Waals surface area (Å²) < 4.78 is 11.5. The Balaban J connectivity index is 1.86. The van der Waals surface area contributed by atoms with Gasteiger partial charge < -0.3 is 25.7 Å². The SMILES string of the molecule is COc1ccc(CCNC(=O)/C(Cc2ccc(OCCCN)c(Br)c2)=N\O)cc1. The van der Waals surface area contributed by atoms with Crippen LogP contribution in [0.1, 0.15) is 17.5 Å². The van der Waals surface area contributed by atoms with E-state index in [9.17, 15) is 10.0 Å².